The van der Waals surface area contributed by atoms with Crippen LogP contribution in [-0.2, 0) is 0 Å². The van der Waals surface area contributed by atoms with Gasteiger partial charge in [0.1, 0.15) is 0 Å². The first kappa shape index (κ1) is 9.88. The van der Waals surface area contributed by atoms with Crippen molar-refractivity contribution in [1.82, 2.24) is 10.3 Å². The fourth-order valence-corrected chi connectivity index (χ4v) is 0.787. The van der Waals surface area contributed by atoms with E-state index < -0.39 is 0 Å². The topological polar surface area (TPSA) is 41.3 Å². The Balaban J connectivity index is 3.69. The zero-order valence-electron chi connectivity index (χ0n) is 7.39. The summed E-state index contributed by atoms with van der Waals surface area (Å²) in [6.07, 6.45) is 1.41. The highest BCUT2D eigenvalue weighted by atomic mass is 15.4. The van der Waals surface area contributed by atoms with Crippen LogP contribution in [0.25, 0.3) is 0 Å². The number of rotatable bonds is 4. The van der Waals surface area contributed by atoms with Gasteiger partial charge < -0.3 is 0 Å². The van der Waals surface area contributed by atoms with Gasteiger partial charge in [-0.05, 0) is 27.3 Å². The minimum Gasteiger partial charge on any atom is -0.288 e. The average molecular weight is 145 g/mol. The second-order valence-electron chi connectivity index (χ2n) is 2.77. The van der Waals surface area contributed by atoms with E-state index in [9.17, 15) is 0 Å². The summed E-state index contributed by atoms with van der Waals surface area (Å²) in [5.74, 6) is 5.27. The Bertz CT molecular complexity index is 74.9. The molecule has 0 aliphatic carbocycles. The Labute approximate surface area is 63.5 Å². The minimum absolute atomic E-state index is 0.259. The van der Waals surface area contributed by atoms with Gasteiger partial charge >= 0.3 is 0 Å². The summed E-state index contributed by atoms with van der Waals surface area (Å²) in [7, 11) is 2.07. The Morgan fingerprint density at radius 3 is 2.30 bits per heavy atom. The van der Waals surface area contributed by atoms with Crippen LogP contribution in [0.4, 0.5) is 0 Å². The van der Waals surface area contributed by atoms with E-state index in [1.165, 1.54) is 0 Å². The fourth-order valence-electron chi connectivity index (χ4n) is 0.787. The molecule has 2 atom stereocenters. The smallest absolute Gasteiger partial charge is 0.0697 e. The van der Waals surface area contributed by atoms with Crippen LogP contribution in [-0.4, -0.2) is 24.2 Å². The minimum atomic E-state index is 0.259. The van der Waals surface area contributed by atoms with E-state index in [-0.39, 0.29) is 6.17 Å². The lowest BCUT2D eigenvalue weighted by Crippen LogP contribution is -2.48. The van der Waals surface area contributed by atoms with Gasteiger partial charge in [-0.15, -0.1) is 0 Å². The van der Waals surface area contributed by atoms with Crippen LogP contribution in [0.1, 0.15) is 27.2 Å². The van der Waals surface area contributed by atoms with Gasteiger partial charge in [-0.2, -0.15) is 0 Å². The molecule has 1 unspecified atom stereocenters. The van der Waals surface area contributed by atoms with E-state index in [2.05, 4.69) is 31.2 Å². The molecular formula is C7H19N3. The highest BCUT2D eigenvalue weighted by Gasteiger charge is 2.11. The lowest BCUT2D eigenvalue weighted by Gasteiger charge is -2.29. The summed E-state index contributed by atoms with van der Waals surface area (Å²) < 4.78 is 0. The maximum atomic E-state index is 5.27. The molecule has 0 amide bonds. The number of hydrogen-bond donors (Lipinski definition) is 2. The van der Waals surface area contributed by atoms with E-state index in [0.29, 0.717) is 6.04 Å². The molecule has 0 aliphatic rings. The van der Waals surface area contributed by atoms with Gasteiger partial charge in [-0.25, -0.2) is 5.43 Å². The number of nitrogens with two attached hydrogens (primary N) is 1. The highest BCUT2D eigenvalue weighted by Crippen LogP contribution is 2.01. The van der Waals surface area contributed by atoms with E-state index >= 15 is 0 Å². The molecule has 0 aromatic heterocycles. The first-order chi connectivity index (χ1) is 4.63. The van der Waals surface area contributed by atoms with E-state index in [4.69, 9.17) is 5.84 Å². The Kier molecular flexibility index (Phi) is 4.60. The summed E-state index contributed by atoms with van der Waals surface area (Å²) in [5, 5.41) is 0. The van der Waals surface area contributed by atoms with Gasteiger partial charge in [-0.3, -0.25) is 10.7 Å². The monoisotopic (exact) mass is 145 g/mol. The van der Waals surface area contributed by atoms with E-state index in [0.717, 1.165) is 6.42 Å². The molecule has 3 nitrogen and oxygen atoms in total. The molecule has 0 spiro atoms. The lowest BCUT2D eigenvalue weighted by atomic mass is 10.2. The van der Waals surface area contributed by atoms with Crippen LogP contribution >= 0.6 is 0 Å². The summed E-state index contributed by atoms with van der Waals surface area (Å²) in [4.78, 5) is 2.21. The van der Waals surface area contributed by atoms with Crippen molar-refractivity contribution < 1.29 is 0 Å². The van der Waals surface area contributed by atoms with Crippen molar-refractivity contribution in [1.29, 1.82) is 0 Å². The average Bonchev–Trinajstić information content (AvgIpc) is 2.00. The van der Waals surface area contributed by atoms with E-state index in [1.54, 1.807) is 0 Å². The second kappa shape index (κ2) is 4.66. The van der Waals surface area contributed by atoms with Crippen LogP contribution in [0.2, 0.25) is 0 Å². The zero-order chi connectivity index (χ0) is 8.15. The third-order valence-corrected chi connectivity index (χ3v) is 2.14. The van der Waals surface area contributed by atoms with E-state index in [1.807, 2.05) is 6.92 Å². The molecule has 0 fully saturated rings. The van der Waals surface area contributed by atoms with Crippen molar-refractivity contribution >= 4 is 0 Å². The molecule has 0 heterocycles. The standard InChI is InChI=1S/C7H19N3/c1-5-6(2)10(4)7(3)9-8/h6-7,9H,5,8H2,1-4H3/t6-,7?/m0/s1. The summed E-state index contributed by atoms with van der Waals surface area (Å²) in [5.41, 5.74) is 2.71. The van der Waals surface area contributed by atoms with Crippen LogP contribution < -0.4 is 11.3 Å². The van der Waals surface area contributed by atoms with Gasteiger partial charge in [0, 0.05) is 6.04 Å². The molecule has 0 radical (unpaired) electrons. The van der Waals surface area contributed by atoms with Gasteiger partial charge in [0.2, 0.25) is 0 Å². The quantitative estimate of drug-likeness (QED) is 0.344. The van der Waals surface area contributed by atoms with Crippen molar-refractivity contribution in [3.8, 4) is 0 Å². The SMILES string of the molecule is CC[C@H](C)N(C)C(C)NN. The molecule has 0 aromatic rings. The van der Waals surface area contributed by atoms with Crippen LogP contribution in [0.15, 0.2) is 0 Å². The first-order valence-electron chi connectivity index (χ1n) is 3.81. The number of hydrazine groups is 1. The third-order valence-electron chi connectivity index (χ3n) is 2.14. The largest absolute Gasteiger partial charge is 0.288 e. The molecule has 3 heteroatoms. The van der Waals surface area contributed by atoms with Crippen LogP contribution in [0.5, 0.6) is 0 Å². The molecule has 62 valence electrons. The van der Waals surface area contributed by atoms with Crippen molar-refractivity contribution in [2.45, 2.75) is 39.4 Å². The Morgan fingerprint density at radius 1 is 1.50 bits per heavy atom. The molecule has 10 heavy (non-hydrogen) atoms. The lowest BCUT2D eigenvalue weighted by molar-refractivity contribution is 0.164. The molecule has 0 rings (SSSR count). The van der Waals surface area contributed by atoms with Gasteiger partial charge in [0.05, 0.1) is 6.17 Å². The second-order valence-corrected chi connectivity index (χ2v) is 2.77. The molecule has 0 saturated heterocycles. The van der Waals surface area contributed by atoms with Crippen LogP contribution in [0.3, 0.4) is 0 Å². The Hall–Kier alpha value is -0.120. The summed E-state index contributed by atoms with van der Waals surface area (Å²) in [6, 6.07) is 0.589. The van der Waals surface area contributed by atoms with Crippen molar-refractivity contribution in [2.75, 3.05) is 7.05 Å². The number of nitrogens with one attached hydrogen (secondary N) is 1. The number of hydrogen-bond acceptors (Lipinski definition) is 3. The molecule has 0 aliphatic heterocycles. The Morgan fingerprint density at radius 2 is 2.00 bits per heavy atom. The third kappa shape index (κ3) is 2.64. The molecule has 3 N–H and O–H groups in total. The van der Waals surface area contributed by atoms with Gasteiger partial charge in [0.15, 0.2) is 0 Å². The van der Waals surface area contributed by atoms with Gasteiger partial charge in [-0.1, -0.05) is 6.92 Å². The van der Waals surface area contributed by atoms with Crippen molar-refractivity contribution in [2.24, 2.45) is 5.84 Å². The summed E-state index contributed by atoms with van der Waals surface area (Å²) in [6.45, 7) is 6.41. The first-order valence-corrected chi connectivity index (χ1v) is 3.81. The molecule has 0 saturated carbocycles. The number of nitrogens with zero attached hydrogens (tertiary/aromatic N) is 1. The maximum Gasteiger partial charge on any atom is 0.0697 e. The molecule has 0 aromatic carbocycles. The van der Waals surface area contributed by atoms with Crippen LogP contribution in [0, 0.1) is 0 Å². The fraction of sp³-hybridized carbons (Fsp3) is 1.00. The summed E-state index contributed by atoms with van der Waals surface area (Å²) >= 11 is 0. The predicted octanol–water partition coefficient (Wildman–Crippen LogP) is 0.526. The maximum absolute atomic E-state index is 5.27. The zero-order valence-corrected chi connectivity index (χ0v) is 7.39. The highest BCUT2D eigenvalue weighted by molar-refractivity contribution is 4.64. The van der Waals surface area contributed by atoms with Gasteiger partial charge in [0.25, 0.3) is 0 Å². The molecular weight excluding hydrogens is 126 g/mol. The normalized spacial score (nSPS) is 17.4. The molecule has 0 bridgehead atoms. The van der Waals surface area contributed by atoms with Crippen molar-refractivity contribution in [3.05, 3.63) is 0 Å². The van der Waals surface area contributed by atoms with Crippen molar-refractivity contribution in [3.63, 3.8) is 0 Å². The predicted molar refractivity (Wildman–Crippen MR) is 44.3 cm³/mol.